The molecule has 4 nitrogen and oxygen atoms in total. The number of aliphatic hydroxyl groups is 1. The van der Waals surface area contributed by atoms with Gasteiger partial charge in [-0.25, -0.2) is 0 Å². The molecule has 0 radical (unpaired) electrons. The van der Waals surface area contributed by atoms with Gasteiger partial charge in [0.1, 0.15) is 11.5 Å². The molecule has 4 heteroatoms. The highest BCUT2D eigenvalue weighted by Gasteiger charge is 2.21. The Morgan fingerprint density at radius 1 is 1.25 bits per heavy atom. The number of furan rings is 1. The highest BCUT2D eigenvalue weighted by Crippen LogP contribution is 2.29. The van der Waals surface area contributed by atoms with Crippen LogP contribution in [-0.2, 0) is 19.4 Å². The SMILES string of the molecule is CCc1cc(CC(O)c2c(C)oc(C)c2C)n(CC)n1. The van der Waals surface area contributed by atoms with Crippen LogP contribution in [0.25, 0.3) is 0 Å². The lowest BCUT2D eigenvalue weighted by Gasteiger charge is -2.12. The summed E-state index contributed by atoms with van der Waals surface area (Å²) in [6.07, 6.45) is 0.944. The Morgan fingerprint density at radius 2 is 1.95 bits per heavy atom. The molecule has 2 heterocycles. The number of nitrogens with zero attached hydrogens (tertiary/aromatic N) is 2. The molecule has 2 aromatic heterocycles. The molecule has 0 aromatic carbocycles. The third-order valence-electron chi connectivity index (χ3n) is 3.93. The molecule has 0 saturated heterocycles. The summed E-state index contributed by atoms with van der Waals surface area (Å²) in [6.45, 7) is 10.8. The maximum atomic E-state index is 10.5. The van der Waals surface area contributed by atoms with Gasteiger partial charge in [-0.2, -0.15) is 5.10 Å². The van der Waals surface area contributed by atoms with Crippen LogP contribution in [0, 0.1) is 20.8 Å². The van der Waals surface area contributed by atoms with Gasteiger partial charge in [0.2, 0.25) is 0 Å². The molecule has 1 atom stereocenters. The zero-order valence-electron chi connectivity index (χ0n) is 13.0. The summed E-state index contributed by atoms with van der Waals surface area (Å²) in [5.74, 6) is 1.69. The molecule has 0 amide bonds. The van der Waals surface area contributed by atoms with Crippen LogP contribution >= 0.6 is 0 Å². The first-order valence-corrected chi connectivity index (χ1v) is 7.28. The van der Waals surface area contributed by atoms with Crippen molar-refractivity contribution in [2.24, 2.45) is 0 Å². The number of aliphatic hydroxyl groups excluding tert-OH is 1. The highest BCUT2D eigenvalue weighted by atomic mass is 16.3. The van der Waals surface area contributed by atoms with Gasteiger partial charge in [0.15, 0.2) is 0 Å². The van der Waals surface area contributed by atoms with Gasteiger partial charge >= 0.3 is 0 Å². The van der Waals surface area contributed by atoms with Gasteiger partial charge in [-0.05, 0) is 45.7 Å². The van der Waals surface area contributed by atoms with Crippen LogP contribution in [0.15, 0.2) is 10.5 Å². The van der Waals surface area contributed by atoms with Crippen LogP contribution in [0.2, 0.25) is 0 Å². The van der Waals surface area contributed by atoms with Crippen molar-refractivity contribution in [3.8, 4) is 0 Å². The molecule has 2 aromatic rings. The number of aromatic nitrogens is 2. The number of hydrogen-bond donors (Lipinski definition) is 1. The maximum Gasteiger partial charge on any atom is 0.107 e. The summed E-state index contributed by atoms with van der Waals surface area (Å²) >= 11 is 0. The van der Waals surface area contributed by atoms with Gasteiger partial charge in [-0.15, -0.1) is 0 Å². The minimum absolute atomic E-state index is 0.542. The van der Waals surface area contributed by atoms with Gasteiger partial charge in [-0.3, -0.25) is 4.68 Å². The van der Waals surface area contributed by atoms with E-state index in [1.54, 1.807) is 0 Å². The molecular weight excluding hydrogens is 252 g/mol. The van der Waals surface area contributed by atoms with E-state index in [2.05, 4.69) is 25.0 Å². The van der Waals surface area contributed by atoms with Gasteiger partial charge < -0.3 is 9.52 Å². The standard InChI is InChI=1S/C16H24N2O2/c1-6-13-8-14(18(7-2)17-13)9-15(19)16-10(3)11(4)20-12(16)5/h8,15,19H,6-7,9H2,1-5H3. The number of aryl methyl sites for hydroxylation is 4. The first-order chi connectivity index (χ1) is 9.47. The van der Waals surface area contributed by atoms with E-state index in [1.165, 1.54) is 0 Å². The molecule has 0 aliphatic rings. The highest BCUT2D eigenvalue weighted by molar-refractivity contribution is 5.34. The van der Waals surface area contributed by atoms with Gasteiger partial charge in [-0.1, -0.05) is 6.92 Å². The second-order valence-electron chi connectivity index (χ2n) is 5.27. The normalized spacial score (nSPS) is 12.9. The second kappa shape index (κ2) is 5.83. The Kier molecular flexibility index (Phi) is 4.33. The molecule has 0 fully saturated rings. The predicted molar refractivity (Wildman–Crippen MR) is 78.9 cm³/mol. The van der Waals surface area contributed by atoms with E-state index in [-0.39, 0.29) is 0 Å². The molecule has 0 bridgehead atoms. The maximum absolute atomic E-state index is 10.5. The lowest BCUT2D eigenvalue weighted by Crippen LogP contribution is -2.09. The van der Waals surface area contributed by atoms with Gasteiger partial charge in [0.25, 0.3) is 0 Å². The van der Waals surface area contributed by atoms with Crippen molar-refractivity contribution in [1.29, 1.82) is 0 Å². The largest absolute Gasteiger partial charge is 0.466 e. The summed E-state index contributed by atoms with van der Waals surface area (Å²) in [5.41, 5.74) is 4.12. The first kappa shape index (κ1) is 14.9. The molecule has 0 saturated carbocycles. The summed E-state index contributed by atoms with van der Waals surface area (Å²) in [4.78, 5) is 0. The summed E-state index contributed by atoms with van der Waals surface area (Å²) in [7, 11) is 0. The number of rotatable bonds is 5. The average molecular weight is 276 g/mol. The Bertz CT molecular complexity index is 596. The molecule has 0 spiro atoms. The summed E-state index contributed by atoms with van der Waals surface area (Å²) < 4.78 is 7.58. The lowest BCUT2D eigenvalue weighted by atomic mass is 10.0. The third-order valence-corrected chi connectivity index (χ3v) is 3.93. The van der Waals surface area contributed by atoms with Crippen molar-refractivity contribution in [2.75, 3.05) is 0 Å². The minimum Gasteiger partial charge on any atom is -0.466 e. The Hall–Kier alpha value is -1.55. The van der Waals surface area contributed by atoms with Crippen molar-refractivity contribution in [1.82, 2.24) is 9.78 Å². The number of hydrogen-bond acceptors (Lipinski definition) is 3. The van der Waals surface area contributed by atoms with E-state index in [0.717, 1.165) is 47.0 Å². The minimum atomic E-state index is -0.542. The van der Waals surface area contributed by atoms with Crippen LogP contribution in [0.3, 0.4) is 0 Å². The molecular formula is C16H24N2O2. The quantitative estimate of drug-likeness (QED) is 0.912. The zero-order valence-corrected chi connectivity index (χ0v) is 13.0. The summed E-state index contributed by atoms with van der Waals surface area (Å²) in [6, 6.07) is 2.09. The van der Waals surface area contributed by atoms with Crippen molar-refractivity contribution in [2.45, 2.75) is 60.1 Å². The second-order valence-corrected chi connectivity index (χ2v) is 5.27. The molecule has 1 N–H and O–H groups in total. The van der Waals surface area contributed by atoms with E-state index in [0.29, 0.717) is 6.42 Å². The monoisotopic (exact) mass is 276 g/mol. The Morgan fingerprint density at radius 3 is 2.45 bits per heavy atom. The van der Waals surface area contributed by atoms with Crippen molar-refractivity contribution in [3.63, 3.8) is 0 Å². The molecule has 20 heavy (non-hydrogen) atoms. The van der Waals surface area contributed by atoms with Crippen molar-refractivity contribution >= 4 is 0 Å². The van der Waals surface area contributed by atoms with Crippen LogP contribution in [-0.4, -0.2) is 14.9 Å². The van der Waals surface area contributed by atoms with E-state index >= 15 is 0 Å². The van der Waals surface area contributed by atoms with Crippen LogP contribution < -0.4 is 0 Å². The summed E-state index contributed by atoms with van der Waals surface area (Å²) in [5, 5.41) is 15.1. The van der Waals surface area contributed by atoms with E-state index < -0.39 is 6.10 Å². The molecule has 1 unspecified atom stereocenters. The van der Waals surface area contributed by atoms with Crippen molar-refractivity contribution < 1.29 is 9.52 Å². The predicted octanol–water partition coefficient (Wildman–Crippen LogP) is 3.26. The van der Waals surface area contributed by atoms with Gasteiger partial charge in [0.05, 0.1) is 11.8 Å². The fraction of sp³-hybridized carbons (Fsp3) is 0.562. The molecule has 0 aliphatic carbocycles. The van der Waals surface area contributed by atoms with E-state index in [1.807, 2.05) is 25.5 Å². The lowest BCUT2D eigenvalue weighted by molar-refractivity contribution is 0.173. The van der Waals surface area contributed by atoms with Crippen molar-refractivity contribution in [3.05, 3.63) is 40.1 Å². The fourth-order valence-electron chi connectivity index (χ4n) is 2.73. The first-order valence-electron chi connectivity index (χ1n) is 7.28. The van der Waals surface area contributed by atoms with Gasteiger partial charge in [0, 0.05) is 24.2 Å². The third kappa shape index (κ3) is 2.66. The van der Waals surface area contributed by atoms with E-state index in [4.69, 9.17) is 4.42 Å². The average Bonchev–Trinajstić information content (AvgIpc) is 2.91. The van der Waals surface area contributed by atoms with Crippen LogP contribution in [0.5, 0.6) is 0 Å². The zero-order chi connectivity index (χ0) is 14.9. The molecule has 110 valence electrons. The molecule has 0 aliphatic heterocycles. The van der Waals surface area contributed by atoms with E-state index in [9.17, 15) is 5.11 Å². The smallest absolute Gasteiger partial charge is 0.107 e. The van der Waals surface area contributed by atoms with Crippen LogP contribution in [0.1, 0.15) is 54.0 Å². The Balaban J connectivity index is 2.27. The molecule has 2 rings (SSSR count). The Labute approximate surface area is 120 Å². The fourth-order valence-corrected chi connectivity index (χ4v) is 2.73. The van der Waals surface area contributed by atoms with Crippen LogP contribution in [0.4, 0.5) is 0 Å². The topological polar surface area (TPSA) is 51.2 Å².